The molecular weight excluding hydrogens is 468 g/mol. The van der Waals surface area contributed by atoms with Gasteiger partial charge >= 0.3 is 6.03 Å². The number of carbonyl (C=O) groups excluding carboxylic acids is 1. The maximum Gasteiger partial charge on any atom is 0.323 e. The lowest BCUT2D eigenvalue weighted by Gasteiger charge is -2.37. The molecule has 1 saturated heterocycles. The number of anilines is 2. The van der Waals surface area contributed by atoms with Crippen LogP contribution in [0.25, 0.3) is 0 Å². The summed E-state index contributed by atoms with van der Waals surface area (Å²) in [5.41, 5.74) is -0.149. The van der Waals surface area contributed by atoms with Crippen LogP contribution in [0.1, 0.15) is 19.8 Å². The average Bonchev–Trinajstić information content (AvgIpc) is 2.70. The Morgan fingerprint density at radius 2 is 1.74 bits per heavy atom. The number of phenols is 1. The SMILES string of the molecule is CN1CCC(C)(S(=O)(=O)c2c(Cl)ccc(NC(=O)Nc3cccc(F)c3Cl)c2O)CC1. The predicted octanol–water partition coefficient (Wildman–Crippen LogP) is 4.74. The molecule has 3 N–H and O–H groups in total. The molecule has 1 fully saturated rings. The molecule has 2 amide bonds. The standard InChI is InChI=1S/C20H22Cl2FN3O4S/c1-20(8-10-26(2)11-9-20)31(29,30)18-12(21)6-7-15(17(18)27)25-19(28)24-14-5-3-4-13(23)16(14)22/h3-7,27H,8-11H2,1-2H3,(H2,24,25,28). The van der Waals surface area contributed by atoms with E-state index in [-0.39, 0.29) is 21.4 Å². The molecule has 31 heavy (non-hydrogen) atoms. The van der Waals surface area contributed by atoms with Crippen LogP contribution in [0.15, 0.2) is 35.2 Å². The van der Waals surface area contributed by atoms with Crippen LogP contribution in [-0.4, -0.2) is 49.3 Å². The minimum atomic E-state index is -4.03. The van der Waals surface area contributed by atoms with Gasteiger partial charge < -0.3 is 20.6 Å². The van der Waals surface area contributed by atoms with Crippen LogP contribution < -0.4 is 10.6 Å². The summed E-state index contributed by atoms with van der Waals surface area (Å²) < 4.78 is 39.3. The third-order valence-corrected chi connectivity index (χ3v) is 8.96. The van der Waals surface area contributed by atoms with Crippen LogP contribution >= 0.6 is 23.2 Å². The molecule has 2 aromatic carbocycles. The van der Waals surface area contributed by atoms with E-state index in [2.05, 4.69) is 10.6 Å². The van der Waals surface area contributed by atoms with E-state index in [4.69, 9.17) is 23.2 Å². The molecule has 0 unspecified atom stereocenters. The number of phenolic OH excluding ortho intramolecular Hbond substituents is 1. The number of sulfone groups is 1. The first kappa shape index (κ1) is 23.6. The van der Waals surface area contributed by atoms with Gasteiger partial charge in [-0.25, -0.2) is 17.6 Å². The number of carbonyl (C=O) groups is 1. The monoisotopic (exact) mass is 489 g/mol. The van der Waals surface area contributed by atoms with Crippen molar-refractivity contribution in [3.63, 3.8) is 0 Å². The summed E-state index contributed by atoms with van der Waals surface area (Å²) in [6.45, 7) is 2.80. The van der Waals surface area contributed by atoms with E-state index in [0.717, 1.165) is 6.07 Å². The lowest BCUT2D eigenvalue weighted by molar-refractivity contribution is 0.240. The van der Waals surface area contributed by atoms with E-state index in [0.29, 0.717) is 25.9 Å². The number of aromatic hydroxyl groups is 1. The van der Waals surface area contributed by atoms with Crippen molar-refractivity contribution in [2.24, 2.45) is 0 Å². The fourth-order valence-electron chi connectivity index (χ4n) is 3.39. The molecule has 3 rings (SSSR count). The van der Waals surface area contributed by atoms with Gasteiger partial charge in [-0.3, -0.25) is 0 Å². The molecular formula is C20H22Cl2FN3O4S. The highest BCUT2D eigenvalue weighted by Gasteiger charge is 2.44. The minimum Gasteiger partial charge on any atom is -0.504 e. The first-order chi connectivity index (χ1) is 14.5. The molecule has 168 valence electrons. The molecule has 0 saturated carbocycles. The number of piperidine rings is 1. The maximum absolute atomic E-state index is 13.6. The topological polar surface area (TPSA) is 98.7 Å². The Hall–Kier alpha value is -2.07. The number of hydrogen-bond donors (Lipinski definition) is 3. The van der Waals surface area contributed by atoms with Gasteiger partial charge in [0.05, 0.1) is 26.2 Å². The Morgan fingerprint density at radius 1 is 1.13 bits per heavy atom. The number of hydrogen-bond acceptors (Lipinski definition) is 5. The van der Waals surface area contributed by atoms with Gasteiger partial charge in [-0.2, -0.15) is 0 Å². The smallest absolute Gasteiger partial charge is 0.323 e. The zero-order chi connectivity index (χ0) is 23.0. The van der Waals surface area contributed by atoms with Crippen LogP contribution in [0.4, 0.5) is 20.6 Å². The Balaban J connectivity index is 1.90. The summed E-state index contributed by atoms with van der Waals surface area (Å²) in [5, 5.41) is 15.0. The third-order valence-electron chi connectivity index (χ3n) is 5.49. The normalized spacial score (nSPS) is 16.7. The van der Waals surface area contributed by atoms with Crippen molar-refractivity contribution in [2.45, 2.75) is 29.4 Å². The van der Waals surface area contributed by atoms with Crippen molar-refractivity contribution < 1.29 is 22.7 Å². The maximum atomic E-state index is 13.6. The van der Waals surface area contributed by atoms with E-state index in [1.807, 2.05) is 11.9 Å². The third kappa shape index (κ3) is 4.59. The molecule has 2 aromatic rings. The molecule has 0 aromatic heterocycles. The molecule has 1 heterocycles. The van der Waals surface area contributed by atoms with Crippen molar-refractivity contribution >= 4 is 50.4 Å². The van der Waals surface area contributed by atoms with Crippen molar-refractivity contribution in [3.05, 3.63) is 46.2 Å². The summed E-state index contributed by atoms with van der Waals surface area (Å²) in [7, 11) is -2.12. The van der Waals surface area contributed by atoms with Crippen molar-refractivity contribution in [1.29, 1.82) is 0 Å². The number of nitrogens with one attached hydrogen (secondary N) is 2. The first-order valence-electron chi connectivity index (χ1n) is 9.43. The number of halogens is 3. The molecule has 0 radical (unpaired) electrons. The van der Waals surface area contributed by atoms with Gasteiger partial charge in [0, 0.05) is 0 Å². The quantitative estimate of drug-likeness (QED) is 0.538. The minimum absolute atomic E-state index is 0.0132. The number of amides is 2. The van der Waals surface area contributed by atoms with Gasteiger partial charge in [0.15, 0.2) is 15.6 Å². The highest BCUT2D eigenvalue weighted by atomic mass is 35.5. The predicted molar refractivity (Wildman–Crippen MR) is 119 cm³/mol. The number of nitrogens with zero attached hydrogens (tertiary/aromatic N) is 1. The van der Waals surface area contributed by atoms with Crippen LogP contribution in [-0.2, 0) is 9.84 Å². The Labute approximate surface area is 190 Å². The van der Waals surface area contributed by atoms with Gasteiger partial charge in [0.25, 0.3) is 0 Å². The Bertz CT molecular complexity index is 1120. The van der Waals surface area contributed by atoms with Crippen molar-refractivity contribution in [2.75, 3.05) is 30.8 Å². The number of rotatable bonds is 4. The second kappa shape index (κ2) is 8.82. The Kier molecular flexibility index (Phi) is 6.71. The molecule has 0 spiro atoms. The fraction of sp³-hybridized carbons (Fsp3) is 0.350. The highest BCUT2D eigenvalue weighted by Crippen LogP contribution is 2.44. The summed E-state index contributed by atoms with van der Waals surface area (Å²) in [6, 6.07) is 5.61. The molecule has 1 aliphatic rings. The second-order valence-corrected chi connectivity index (χ2v) is 10.9. The van der Waals surface area contributed by atoms with E-state index in [9.17, 15) is 22.7 Å². The van der Waals surface area contributed by atoms with Crippen molar-refractivity contribution in [1.82, 2.24) is 4.90 Å². The van der Waals surface area contributed by atoms with Gasteiger partial charge in [-0.05, 0) is 64.2 Å². The zero-order valence-corrected chi connectivity index (χ0v) is 19.2. The lowest BCUT2D eigenvalue weighted by Crippen LogP contribution is -2.46. The zero-order valence-electron chi connectivity index (χ0n) is 16.9. The van der Waals surface area contributed by atoms with Gasteiger partial charge in [0.2, 0.25) is 0 Å². The number of benzene rings is 2. The highest BCUT2D eigenvalue weighted by molar-refractivity contribution is 7.93. The van der Waals surface area contributed by atoms with Crippen molar-refractivity contribution in [3.8, 4) is 5.75 Å². The van der Waals surface area contributed by atoms with Crippen LogP contribution in [0.3, 0.4) is 0 Å². The molecule has 0 aliphatic carbocycles. The van der Waals surface area contributed by atoms with Gasteiger partial charge in [0.1, 0.15) is 10.7 Å². The van der Waals surface area contributed by atoms with E-state index in [1.54, 1.807) is 6.92 Å². The Morgan fingerprint density at radius 3 is 2.39 bits per heavy atom. The number of likely N-dealkylation sites (tertiary alicyclic amines) is 1. The van der Waals surface area contributed by atoms with E-state index in [1.165, 1.54) is 24.3 Å². The van der Waals surface area contributed by atoms with Gasteiger partial charge in [-0.15, -0.1) is 0 Å². The number of urea groups is 1. The van der Waals surface area contributed by atoms with E-state index < -0.39 is 37.1 Å². The summed E-state index contributed by atoms with van der Waals surface area (Å²) in [4.78, 5) is 13.9. The second-order valence-electron chi connectivity index (χ2n) is 7.71. The lowest BCUT2D eigenvalue weighted by atomic mass is 9.98. The van der Waals surface area contributed by atoms with Crippen LogP contribution in [0, 0.1) is 5.82 Å². The van der Waals surface area contributed by atoms with Crippen LogP contribution in [0.2, 0.25) is 10.0 Å². The summed E-state index contributed by atoms with van der Waals surface area (Å²) in [6.07, 6.45) is 0.746. The molecule has 0 atom stereocenters. The van der Waals surface area contributed by atoms with Gasteiger partial charge in [-0.1, -0.05) is 29.3 Å². The van der Waals surface area contributed by atoms with Crippen LogP contribution in [0.5, 0.6) is 5.75 Å². The summed E-state index contributed by atoms with van der Waals surface area (Å²) in [5.74, 6) is -1.37. The molecule has 1 aliphatic heterocycles. The first-order valence-corrected chi connectivity index (χ1v) is 11.7. The average molecular weight is 490 g/mol. The fourth-order valence-corrected chi connectivity index (χ4v) is 5.92. The molecule has 7 nitrogen and oxygen atoms in total. The van der Waals surface area contributed by atoms with E-state index >= 15 is 0 Å². The molecule has 11 heteroatoms. The summed E-state index contributed by atoms with van der Waals surface area (Å²) >= 11 is 12.0. The largest absolute Gasteiger partial charge is 0.504 e. The molecule has 0 bridgehead atoms.